The molecule has 0 saturated heterocycles. The lowest BCUT2D eigenvalue weighted by Gasteiger charge is -2.34. The quantitative estimate of drug-likeness (QED) is 0.298. The zero-order chi connectivity index (χ0) is 31.1. The molecular formula is C33H42FN3O4S. The largest absolute Gasteiger partial charge is 0.350 e. The fraction of sp³-hybridized carbons (Fsp3) is 0.394. The van der Waals surface area contributed by atoms with Crippen molar-refractivity contribution in [2.75, 3.05) is 17.1 Å². The molecule has 0 aliphatic rings. The summed E-state index contributed by atoms with van der Waals surface area (Å²) in [5.74, 6) is -1.18. The second-order valence-corrected chi connectivity index (χ2v) is 13.7. The van der Waals surface area contributed by atoms with Gasteiger partial charge in [-0.15, -0.1) is 0 Å². The molecule has 0 fully saturated rings. The number of hydrogen-bond acceptors (Lipinski definition) is 4. The van der Waals surface area contributed by atoms with E-state index in [0.29, 0.717) is 11.3 Å². The van der Waals surface area contributed by atoms with Gasteiger partial charge in [0.1, 0.15) is 11.9 Å². The van der Waals surface area contributed by atoms with Crippen LogP contribution in [0.25, 0.3) is 0 Å². The monoisotopic (exact) mass is 595 g/mol. The Hall–Kier alpha value is -3.72. The van der Waals surface area contributed by atoms with Gasteiger partial charge in [-0.1, -0.05) is 54.6 Å². The van der Waals surface area contributed by atoms with Crippen LogP contribution in [0.2, 0.25) is 0 Å². The van der Waals surface area contributed by atoms with Crippen LogP contribution in [0.1, 0.15) is 55.9 Å². The van der Waals surface area contributed by atoms with Crippen molar-refractivity contribution in [1.29, 1.82) is 0 Å². The maximum atomic E-state index is 14.8. The Labute approximate surface area is 249 Å². The molecular weight excluding hydrogens is 553 g/mol. The van der Waals surface area contributed by atoms with Gasteiger partial charge in [0.05, 0.1) is 11.9 Å². The Morgan fingerprint density at radius 2 is 1.57 bits per heavy atom. The van der Waals surface area contributed by atoms with Crippen LogP contribution in [0.15, 0.2) is 72.8 Å². The highest BCUT2D eigenvalue weighted by Gasteiger charge is 2.32. The standard InChI is InChI=1S/C33H42FN3O4S/c1-24-18-19-28(21-25(24)2)37(42(6,40)41)20-12-17-31(38)36(23-27-15-10-11-16-29(27)34)30(32(39)35-33(3,4)5)22-26-13-8-7-9-14-26/h7-11,13-16,18-19,21,30H,12,17,20,22-23H2,1-6H3,(H,35,39)/t30-/m1/s1. The van der Waals surface area contributed by atoms with Crippen molar-refractivity contribution in [2.24, 2.45) is 0 Å². The molecule has 3 aromatic carbocycles. The molecule has 0 aliphatic carbocycles. The minimum atomic E-state index is -3.62. The van der Waals surface area contributed by atoms with Gasteiger partial charge in [-0.2, -0.15) is 0 Å². The Morgan fingerprint density at radius 1 is 0.929 bits per heavy atom. The van der Waals surface area contributed by atoms with Crippen LogP contribution in [0, 0.1) is 19.7 Å². The van der Waals surface area contributed by atoms with Gasteiger partial charge in [-0.05, 0) is 75.9 Å². The van der Waals surface area contributed by atoms with E-state index in [2.05, 4.69) is 5.32 Å². The van der Waals surface area contributed by atoms with Crippen LogP contribution >= 0.6 is 0 Å². The van der Waals surface area contributed by atoms with Crippen molar-refractivity contribution >= 4 is 27.5 Å². The molecule has 9 heteroatoms. The van der Waals surface area contributed by atoms with E-state index >= 15 is 0 Å². The van der Waals surface area contributed by atoms with Gasteiger partial charge in [0, 0.05) is 37.0 Å². The molecule has 0 spiro atoms. The molecule has 1 atom stereocenters. The summed E-state index contributed by atoms with van der Waals surface area (Å²) in [6, 6.07) is 20.1. The van der Waals surface area contributed by atoms with Crippen molar-refractivity contribution < 1.29 is 22.4 Å². The van der Waals surface area contributed by atoms with Crippen molar-refractivity contribution in [3.05, 3.63) is 101 Å². The molecule has 0 aromatic heterocycles. The Balaban J connectivity index is 1.92. The molecule has 2 amide bonds. The summed E-state index contributed by atoms with van der Waals surface area (Å²) >= 11 is 0. The zero-order valence-corrected chi connectivity index (χ0v) is 26.2. The average Bonchev–Trinajstić information content (AvgIpc) is 2.90. The number of hydrogen-bond donors (Lipinski definition) is 1. The first kappa shape index (κ1) is 32.8. The molecule has 3 rings (SSSR count). The van der Waals surface area contributed by atoms with Gasteiger partial charge in [0.25, 0.3) is 0 Å². The number of nitrogens with one attached hydrogen (secondary N) is 1. The van der Waals surface area contributed by atoms with Gasteiger partial charge < -0.3 is 10.2 Å². The third-order valence-corrected chi connectivity index (χ3v) is 8.19. The summed E-state index contributed by atoms with van der Waals surface area (Å²) in [7, 11) is -3.62. The summed E-state index contributed by atoms with van der Waals surface area (Å²) in [4.78, 5) is 29.0. The van der Waals surface area contributed by atoms with Crippen LogP contribution in [0.4, 0.5) is 10.1 Å². The van der Waals surface area contributed by atoms with E-state index in [1.54, 1.807) is 24.3 Å². The molecule has 42 heavy (non-hydrogen) atoms. The highest BCUT2D eigenvalue weighted by molar-refractivity contribution is 7.92. The first-order valence-corrected chi connectivity index (χ1v) is 15.9. The molecule has 0 aliphatic heterocycles. The van der Waals surface area contributed by atoms with Crippen molar-refractivity contribution in [3.8, 4) is 0 Å². The summed E-state index contributed by atoms with van der Waals surface area (Å²) < 4.78 is 41.5. The molecule has 7 nitrogen and oxygen atoms in total. The van der Waals surface area contributed by atoms with E-state index in [1.807, 2.05) is 77.1 Å². The van der Waals surface area contributed by atoms with Crippen molar-refractivity contribution in [1.82, 2.24) is 10.2 Å². The predicted molar refractivity (Wildman–Crippen MR) is 166 cm³/mol. The minimum absolute atomic E-state index is 0.0284. The van der Waals surface area contributed by atoms with Gasteiger partial charge in [0.15, 0.2) is 0 Å². The first-order valence-electron chi connectivity index (χ1n) is 14.1. The predicted octanol–water partition coefficient (Wildman–Crippen LogP) is 5.54. The van der Waals surface area contributed by atoms with E-state index < -0.39 is 27.4 Å². The molecule has 3 aromatic rings. The number of carbonyl (C=O) groups excluding carboxylic acids is 2. The van der Waals surface area contributed by atoms with Crippen LogP contribution in [0.5, 0.6) is 0 Å². The number of sulfonamides is 1. The van der Waals surface area contributed by atoms with E-state index in [1.165, 1.54) is 15.3 Å². The molecule has 0 radical (unpaired) electrons. The van der Waals surface area contributed by atoms with Gasteiger partial charge in [0.2, 0.25) is 21.8 Å². The third-order valence-electron chi connectivity index (χ3n) is 7.00. The summed E-state index contributed by atoms with van der Waals surface area (Å²) in [5, 5.41) is 2.99. The van der Waals surface area contributed by atoms with E-state index in [0.717, 1.165) is 22.9 Å². The lowest BCUT2D eigenvalue weighted by Crippen LogP contribution is -2.54. The number of aryl methyl sites for hydroxylation is 2. The summed E-state index contributed by atoms with van der Waals surface area (Å²) in [5.41, 5.74) is 3.13. The molecule has 0 heterocycles. The van der Waals surface area contributed by atoms with Crippen LogP contribution < -0.4 is 9.62 Å². The zero-order valence-electron chi connectivity index (χ0n) is 25.4. The topological polar surface area (TPSA) is 86.8 Å². The minimum Gasteiger partial charge on any atom is -0.350 e. The Morgan fingerprint density at radius 3 is 2.17 bits per heavy atom. The second kappa shape index (κ2) is 14.0. The molecule has 0 unspecified atom stereocenters. The second-order valence-electron chi connectivity index (χ2n) is 11.8. The van der Waals surface area contributed by atoms with E-state index in [4.69, 9.17) is 0 Å². The average molecular weight is 596 g/mol. The fourth-order valence-corrected chi connectivity index (χ4v) is 5.66. The third kappa shape index (κ3) is 9.41. The number of anilines is 1. The number of halogens is 1. The Kier molecular flexibility index (Phi) is 10.9. The molecule has 0 bridgehead atoms. The number of amides is 2. The van der Waals surface area contributed by atoms with Gasteiger partial charge in [-0.25, -0.2) is 12.8 Å². The lowest BCUT2D eigenvalue weighted by atomic mass is 10.00. The smallest absolute Gasteiger partial charge is 0.243 e. The van der Waals surface area contributed by atoms with Crippen LogP contribution in [-0.2, 0) is 32.6 Å². The first-order chi connectivity index (χ1) is 19.7. The number of nitrogens with zero attached hydrogens (tertiary/aromatic N) is 2. The van der Waals surface area contributed by atoms with Crippen LogP contribution in [-0.4, -0.2) is 49.5 Å². The van der Waals surface area contributed by atoms with Crippen LogP contribution in [0.3, 0.4) is 0 Å². The van der Waals surface area contributed by atoms with Crippen molar-refractivity contribution in [2.45, 2.75) is 72.0 Å². The van der Waals surface area contributed by atoms with Gasteiger partial charge in [-0.3, -0.25) is 13.9 Å². The van der Waals surface area contributed by atoms with Crippen molar-refractivity contribution in [3.63, 3.8) is 0 Å². The number of carbonyl (C=O) groups is 2. The normalized spacial score (nSPS) is 12.5. The maximum Gasteiger partial charge on any atom is 0.243 e. The van der Waals surface area contributed by atoms with E-state index in [-0.39, 0.29) is 44.2 Å². The lowest BCUT2D eigenvalue weighted by molar-refractivity contribution is -0.142. The highest BCUT2D eigenvalue weighted by Crippen LogP contribution is 2.23. The van der Waals surface area contributed by atoms with Gasteiger partial charge >= 0.3 is 0 Å². The number of benzene rings is 3. The maximum absolute atomic E-state index is 14.8. The highest BCUT2D eigenvalue weighted by atomic mass is 32.2. The SMILES string of the molecule is Cc1ccc(N(CCCC(=O)N(Cc2ccccc2F)[C@H](Cc2ccccc2)C(=O)NC(C)(C)C)S(C)(=O)=O)cc1C. The number of rotatable bonds is 12. The summed E-state index contributed by atoms with van der Waals surface area (Å²) in [6.45, 7) is 9.43. The molecule has 1 N–H and O–H groups in total. The van der Waals surface area contributed by atoms with E-state index in [9.17, 15) is 22.4 Å². The summed E-state index contributed by atoms with van der Waals surface area (Å²) in [6.07, 6.45) is 1.56. The fourth-order valence-electron chi connectivity index (χ4n) is 4.70. The molecule has 226 valence electrons. The molecule has 0 saturated carbocycles. The Bertz CT molecular complexity index is 1490.